The fraction of sp³-hybridized carbons (Fsp3) is 0.556. The number of nitrogens with one attached hydrogen (secondary N) is 3. The summed E-state index contributed by atoms with van der Waals surface area (Å²) in [6.07, 6.45) is 5.54. The highest BCUT2D eigenvalue weighted by molar-refractivity contribution is 9.10. The molecule has 0 spiro atoms. The van der Waals surface area contributed by atoms with E-state index in [4.69, 9.17) is 0 Å². The standard InChI is InChI=1S/C18H26BrN3O2/c1-13(22(2)12-14-8-10-15(19)11-9-14)17(23)21-18(24)20-16-6-4-3-5-7-16/h8-11,13,16H,3-7,12H2,1-2H3,(H2,20,21,23,24)/p+1/t13-/m0/s1. The van der Waals surface area contributed by atoms with E-state index >= 15 is 0 Å². The van der Waals surface area contributed by atoms with Crippen LogP contribution in [0, 0.1) is 0 Å². The minimum Gasteiger partial charge on any atom is -0.335 e. The van der Waals surface area contributed by atoms with Crippen molar-refractivity contribution in [1.82, 2.24) is 10.6 Å². The van der Waals surface area contributed by atoms with Crippen LogP contribution in [0.15, 0.2) is 28.7 Å². The van der Waals surface area contributed by atoms with E-state index < -0.39 is 0 Å². The molecule has 3 N–H and O–H groups in total. The molecule has 2 atom stereocenters. The fourth-order valence-corrected chi connectivity index (χ4v) is 3.25. The number of halogens is 1. The predicted octanol–water partition coefficient (Wildman–Crippen LogP) is 2.01. The molecule has 2 rings (SSSR count). The first kappa shape index (κ1) is 18.9. The second-order valence-corrected chi connectivity index (χ2v) is 7.58. The van der Waals surface area contributed by atoms with Crippen LogP contribution in [0.25, 0.3) is 0 Å². The molecule has 0 bridgehead atoms. The van der Waals surface area contributed by atoms with E-state index in [0.717, 1.165) is 47.2 Å². The van der Waals surface area contributed by atoms with Gasteiger partial charge >= 0.3 is 6.03 Å². The third kappa shape index (κ3) is 5.91. The van der Waals surface area contributed by atoms with Gasteiger partial charge in [-0.1, -0.05) is 47.3 Å². The summed E-state index contributed by atoms with van der Waals surface area (Å²) in [4.78, 5) is 25.3. The van der Waals surface area contributed by atoms with Crippen LogP contribution in [0.1, 0.15) is 44.6 Å². The number of urea groups is 1. The Balaban J connectivity index is 1.79. The van der Waals surface area contributed by atoms with Gasteiger partial charge in [0, 0.05) is 16.1 Å². The summed E-state index contributed by atoms with van der Waals surface area (Å²) >= 11 is 3.42. The summed E-state index contributed by atoms with van der Waals surface area (Å²) in [6, 6.07) is 7.59. The Labute approximate surface area is 152 Å². The maximum atomic E-state index is 12.3. The maximum absolute atomic E-state index is 12.3. The lowest BCUT2D eigenvalue weighted by atomic mass is 9.96. The molecular weight excluding hydrogens is 370 g/mol. The average Bonchev–Trinajstić information content (AvgIpc) is 2.57. The molecule has 0 aromatic heterocycles. The molecule has 1 aromatic rings. The molecule has 132 valence electrons. The number of benzene rings is 1. The van der Waals surface area contributed by atoms with Crippen LogP contribution in [0.3, 0.4) is 0 Å². The zero-order valence-corrected chi connectivity index (χ0v) is 16.0. The van der Waals surface area contributed by atoms with Gasteiger partial charge < -0.3 is 10.2 Å². The highest BCUT2D eigenvalue weighted by Gasteiger charge is 2.25. The average molecular weight is 397 g/mol. The lowest BCUT2D eigenvalue weighted by molar-refractivity contribution is -0.908. The number of likely N-dealkylation sites (N-methyl/N-ethyl adjacent to an activating group) is 1. The number of carbonyl (C=O) groups excluding carboxylic acids is 2. The van der Waals surface area contributed by atoms with Gasteiger partial charge in [0.05, 0.1) is 7.05 Å². The molecule has 0 radical (unpaired) electrons. The highest BCUT2D eigenvalue weighted by Crippen LogP contribution is 2.17. The van der Waals surface area contributed by atoms with Crippen LogP contribution in [0.5, 0.6) is 0 Å². The first-order chi connectivity index (χ1) is 11.5. The van der Waals surface area contributed by atoms with Crippen LogP contribution >= 0.6 is 15.9 Å². The molecule has 1 saturated carbocycles. The van der Waals surface area contributed by atoms with Crippen molar-refractivity contribution in [1.29, 1.82) is 0 Å². The Kier molecular flexibility index (Phi) is 7.24. The van der Waals surface area contributed by atoms with Crippen molar-refractivity contribution in [2.45, 2.75) is 57.7 Å². The summed E-state index contributed by atoms with van der Waals surface area (Å²) in [5.41, 5.74) is 1.15. The zero-order chi connectivity index (χ0) is 17.5. The predicted molar refractivity (Wildman–Crippen MR) is 97.7 cm³/mol. The Hall–Kier alpha value is -1.40. The van der Waals surface area contributed by atoms with Crippen molar-refractivity contribution in [2.24, 2.45) is 0 Å². The van der Waals surface area contributed by atoms with Crippen LogP contribution < -0.4 is 15.5 Å². The Bertz CT molecular complexity index is 556. The summed E-state index contributed by atoms with van der Waals surface area (Å²) in [7, 11) is 1.96. The minimum absolute atomic E-state index is 0.203. The molecule has 5 nitrogen and oxygen atoms in total. The highest BCUT2D eigenvalue weighted by atomic mass is 79.9. The van der Waals surface area contributed by atoms with Crippen LogP contribution in [-0.2, 0) is 11.3 Å². The van der Waals surface area contributed by atoms with Crippen LogP contribution in [0.4, 0.5) is 4.79 Å². The first-order valence-corrected chi connectivity index (χ1v) is 9.43. The van der Waals surface area contributed by atoms with E-state index in [-0.39, 0.29) is 24.0 Å². The van der Waals surface area contributed by atoms with Gasteiger partial charge in [-0.3, -0.25) is 10.1 Å². The maximum Gasteiger partial charge on any atom is 0.321 e. The number of imide groups is 1. The van der Waals surface area contributed by atoms with Gasteiger partial charge in [-0.15, -0.1) is 0 Å². The molecular formula is C18H27BrN3O2+. The number of hydrogen-bond donors (Lipinski definition) is 3. The van der Waals surface area contributed by atoms with Gasteiger partial charge in [0.15, 0.2) is 6.04 Å². The second-order valence-electron chi connectivity index (χ2n) is 6.67. The number of quaternary nitrogens is 1. The Morgan fingerprint density at radius 2 is 1.83 bits per heavy atom. The third-order valence-corrected chi connectivity index (χ3v) is 5.23. The first-order valence-electron chi connectivity index (χ1n) is 8.64. The lowest BCUT2D eigenvalue weighted by Gasteiger charge is -2.24. The Morgan fingerprint density at radius 1 is 1.21 bits per heavy atom. The van der Waals surface area contributed by atoms with Gasteiger partial charge in [0.1, 0.15) is 6.54 Å². The van der Waals surface area contributed by atoms with Crippen molar-refractivity contribution >= 4 is 27.9 Å². The van der Waals surface area contributed by atoms with E-state index in [1.807, 2.05) is 38.2 Å². The number of carbonyl (C=O) groups is 2. The van der Waals surface area contributed by atoms with Crippen molar-refractivity contribution in [3.05, 3.63) is 34.3 Å². The van der Waals surface area contributed by atoms with Gasteiger partial charge in [-0.2, -0.15) is 0 Å². The van der Waals surface area contributed by atoms with Gasteiger partial charge in [-0.05, 0) is 31.9 Å². The smallest absolute Gasteiger partial charge is 0.321 e. The topological polar surface area (TPSA) is 62.6 Å². The number of hydrogen-bond acceptors (Lipinski definition) is 2. The summed E-state index contributed by atoms with van der Waals surface area (Å²) in [6.45, 7) is 2.57. The van der Waals surface area contributed by atoms with E-state index in [1.54, 1.807) is 0 Å². The summed E-state index contributed by atoms with van der Waals surface area (Å²) in [5.74, 6) is -0.238. The lowest BCUT2D eigenvalue weighted by Crippen LogP contribution is -3.12. The molecule has 1 unspecified atom stereocenters. The Morgan fingerprint density at radius 3 is 2.46 bits per heavy atom. The monoisotopic (exact) mass is 396 g/mol. The van der Waals surface area contributed by atoms with Gasteiger partial charge in [0.2, 0.25) is 0 Å². The molecule has 1 aliphatic carbocycles. The van der Waals surface area contributed by atoms with Gasteiger partial charge in [-0.25, -0.2) is 4.79 Å². The zero-order valence-electron chi connectivity index (χ0n) is 14.4. The summed E-state index contributed by atoms with van der Waals surface area (Å²) in [5, 5.41) is 5.40. The molecule has 0 aliphatic heterocycles. The van der Waals surface area contributed by atoms with E-state index in [9.17, 15) is 9.59 Å². The number of amides is 3. The van der Waals surface area contributed by atoms with E-state index in [2.05, 4.69) is 26.6 Å². The normalized spacial score (nSPS) is 17.8. The van der Waals surface area contributed by atoms with Crippen molar-refractivity contribution in [3.8, 4) is 0 Å². The quantitative estimate of drug-likeness (QED) is 0.712. The second kappa shape index (κ2) is 9.18. The SMILES string of the molecule is C[C@@H](C(=O)NC(=O)NC1CCCCC1)[NH+](C)Cc1ccc(Br)cc1. The molecule has 3 amide bonds. The van der Waals surface area contributed by atoms with Crippen LogP contribution in [0.2, 0.25) is 0 Å². The van der Waals surface area contributed by atoms with E-state index in [0.29, 0.717) is 0 Å². The minimum atomic E-state index is -0.366. The molecule has 1 fully saturated rings. The largest absolute Gasteiger partial charge is 0.335 e. The molecule has 0 heterocycles. The van der Waals surface area contributed by atoms with E-state index in [1.165, 1.54) is 6.42 Å². The fourth-order valence-electron chi connectivity index (χ4n) is 2.99. The third-order valence-electron chi connectivity index (χ3n) is 4.71. The molecule has 0 saturated heterocycles. The number of rotatable bonds is 5. The molecule has 6 heteroatoms. The van der Waals surface area contributed by atoms with Crippen molar-refractivity contribution in [3.63, 3.8) is 0 Å². The molecule has 1 aromatic carbocycles. The van der Waals surface area contributed by atoms with Crippen LogP contribution in [-0.4, -0.2) is 31.1 Å². The molecule has 24 heavy (non-hydrogen) atoms. The van der Waals surface area contributed by atoms with Crippen molar-refractivity contribution in [2.75, 3.05) is 7.05 Å². The molecule has 1 aliphatic rings. The summed E-state index contributed by atoms with van der Waals surface area (Å²) < 4.78 is 1.04. The van der Waals surface area contributed by atoms with Gasteiger partial charge in [0.25, 0.3) is 5.91 Å². The van der Waals surface area contributed by atoms with Crippen molar-refractivity contribution < 1.29 is 14.5 Å².